The third-order valence-electron chi connectivity index (χ3n) is 2.74. The number of aryl methyl sites for hydroxylation is 1. The number of hydrogen-bond acceptors (Lipinski definition) is 6. The number of aromatic nitrogens is 3. The number of carbonyl (C=O) groups is 1. The van der Waals surface area contributed by atoms with E-state index in [9.17, 15) is 14.9 Å². The predicted octanol–water partition coefficient (Wildman–Crippen LogP) is 1.41. The minimum absolute atomic E-state index is 0.0628. The van der Waals surface area contributed by atoms with Crippen molar-refractivity contribution in [3.63, 3.8) is 0 Å². The molecule has 2 rings (SSSR count). The van der Waals surface area contributed by atoms with Gasteiger partial charge in [0.25, 0.3) is 11.6 Å². The fraction of sp³-hybridized carbons (Fsp3) is 0.250. The molecule has 0 saturated heterocycles. The largest absolute Gasteiger partial charge is 0.370 e. The Labute approximate surface area is 120 Å². The van der Waals surface area contributed by atoms with Crippen LogP contribution < -0.4 is 10.6 Å². The lowest BCUT2D eigenvalue weighted by molar-refractivity contribution is -0.385. The van der Waals surface area contributed by atoms with Gasteiger partial charge in [0.2, 0.25) is 0 Å². The molecule has 0 fully saturated rings. The molecule has 2 heterocycles. The first-order valence-electron chi connectivity index (χ1n) is 6.20. The fourth-order valence-corrected chi connectivity index (χ4v) is 1.73. The molecule has 0 atom stereocenters. The van der Waals surface area contributed by atoms with Crippen LogP contribution in [0.5, 0.6) is 0 Å². The van der Waals surface area contributed by atoms with Crippen LogP contribution in [0.25, 0.3) is 0 Å². The number of hydrogen-bond donors (Lipinski definition) is 2. The van der Waals surface area contributed by atoms with Crippen molar-refractivity contribution in [3.05, 3.63) is 40.2 Å². The third-order valence-corrected chi connectivity index (χ3v) is 2.74. The molecule has 0 saturated carbocycles. The van der Waals surface area contributed by atoms with E-state index >= 15 is 0 Å². The zero-order valence-electron chi connectivity index (χ0n) is 11.5. The molecule has 0 spiro atoms. The average Bonchev–Trinajstić information content (AvgIpc) is 2.84. The summed E-state index contributed by atoms with van der Waals surface area (Å²) < 4.78 is 1.45. The van der Waals surface area contributed by atoms with Crippen molar-refractivity contribution in [2.45, 2.75) is 6.92 Å². The molecule has 110 valence electrons. The Morgan fingerprint density at radius 3 is 2.86 bits per heavy atom. The Balaban J connectivity index is 2.35. The highest BCUT2D eigenvalue weighted by molar-refractivity contribution is 6.07. The van der Waals surface area contributed by atoms with Crippen LogP contribution in [0.1, 0.15) is 17.3 Å². The second kappa shape index (κ2) is 5.99. The highest BCUT2D eigenvalue weighted by atomic mass is 16.6. The van der Waals surface area contributed by atoms with Crippen molar-refractivity contribution in [3.8, 4) is 0 Å². The van der Waals surface area contributed by atoms with Gasteiger partial charge < -0.3 is 10.6 Å². The van der Waals surface area contributed by atoms with E-state index in [1.54, 1.807) is 13.1 Å². The molecule has 2 aromatic heterocycles. The first-order chi connectivity index (χ1) is 10.0. The van der Waals surface area contributed by atoms with E-state index in [1.807, 2.05) is 6.92 Å². The van der Waals surface area contributed by atoms with E-state index in [0.717, 1.165) is 6.20 Å². The van der Waals surface area contributed by atoms with Gasteiger partial charge in [0.1, 0.15) is 23.4 Å². The molecule has 0 aliphatic heterocycles. The molecule has 21 heavy (non-hydrogen) atoms. The lowest BCUT2D eigenvalue weighted by atomic mass is 10.2. The molecule has 9 heteroatoms. The van der Waals surface area contributed by atoms with Gasteiger partial charge in [0.15, 0.2) is 0 Å². The molecule has 0 radical (unpaired) electrons. The average molecular weight is 290 g/mol. The Hall–Kier alpha value is -2.97. The van der Waals surface area contributed by atoms with E-state index in [4.69, 9.17) is 0 Å². The number of carbonyl (C=O) groups excluding carboxylic acids is 1. The van der Waals surface area contributed by atoms with Gasteiger partial charge in [-0.25, -0.2) is 4.98 Å². The number of rotatable bonds is 5. The number of pyridine rings is 1. The van der Waals surface area contributed by atoms with Crippen LogP contribution in [0.15, 0.2) is 24.5 Å². The lowest BCUT2D eigenvalue weighted by Gasteiger charge is -2.08. The van der Waals surface area contributed by atoms with Gasteiger partial charge >= 0.3 is 0 Å². The Bertz CT molecular complexity index is 681. The van der Waals surface area contributed by atoms with Gasteiger partial charge in [-0.15, -0.1) is 0 Å². The summed E-state index contributed by atoms with van der Waals surface area (Å²) in [5.74, 6) is 0.251. The molecular formula is C12H14N6O3. The number of nitro groups is 1. The zero-order chi connectivity index (χ0) is 15.4. The van der Waals surface area contributed by atoms with Gasteiger partial charge in [-0.3, -0.25) is 19.6 Å². The maximum absolute atomic E-state index is 12.2. The van der Waals surface area contributed by atoms with Crippen LogP contribution >= 0.6 is 0 Å². The van der Waals surface area contributed by atoms with Crippen molar-refractivity contribution >= 4 is 23.2 Å². The first kappa shape index (κ1) is 14.4. The van der Waals surface area contributed by atoms with Gasteiger partial charge in [-0.2, -0.15) is 5.10 Å². The van der Waals surface area contributed by atoms with E-state index in [2.05, 4.69) is 20.7 Å². The molecule has 1 amide bonds. The summed E-state index contributed by atoms with van der Waals surface area (Å²) in [6.07, 6.45) is 2.58. The standard InChI is InChI=1S/C12H14N6O3/c1-3-13-10-6-8(9(7-14-10)18(20)21)12(19)16-11-4-5-15-17(11)2/h4-7H,3H2,1-2H3,(H,13,14)(H,16,19). The van der Waals surface area contributed by atoms with Crippen LogP contribution in [-0.4, -0.2) is 32.1 Å². The molecule has 0 bridgehead atoms. The van der Waals surface area contributed by atoms with Gasteiger partial charge in [-0.05, 0) is 6.92 Å². The molecule has 9 nitrogen and oxygen atoms in total. The van der Waals surface area contributed by atoms with Crippen LogP contribution in [0.2, 0.25) is 0 Å². The van der Waals surface area contributed by atoms with Crippen molar-refractivity contribution in [1.29, 1.82) is 0 Å². The molecule has 0 unspecified atom stereocenters. The highest BCUT2D eigenvalue weighted by Gasteiger charge is 2.22. The maximum atomic E-state index is 12.2. The van der Waals surface area contributed by atoms with Crippen molar-refractivity contribution in [1.82, 2.24) is 14.8 Å². The first-order valence-corrected chi connectivity index (χ1v) is 6.20. The van der Waals surface area contributed by atoms with Crippen LogP contribution in [0.3, 0.4) is 0 Å². The summed E-state index contributed by atoms with van der Waals surface area (Å²) in [6.45, 7) is 2.45. The fourth-order valence-electron chi connectivity index (χ4n) is 1.73. The maximum Gasteiger partial charge on any atom is 0.300 e. The lowest BCUT2D eigenvalue weighted by Crippen LogP contribution is -2.17. The van der Waals surface area contributed by atoms with Gasteiger partial charge in [-0.1, -0.05) is 0 Å². The zero-order valence-corrected chi connectivity index (χ0v) is 11.5. The van der Waals surface area contributed by atoms with E-state index in [1.165, 1.54) is 16.9 Å². The van der Waals surface area contributed by atoms with Crippen LogP contribution in [-0.2, 0) is 7.05 Å². The van der Waals surface area contributed by atoms with Gasteiger partial charge in [0, 0.05) is 25.7 Å². The molecule has 0 aliphatic rings. The summed E-state index contributed by atoms with van der Waals surface area (Å²) >= 11 is 0. The highest BCUT2D eigenvalue weighted by Crippen LogP contribution is 2.21. The summed E-state index contributed by atoms with van der Waals surface area (Å²) in [5.41, 5.74) is -0.413. The van der Waals surface area contributed by atoms with Gasteiger partial charge in [0.05, 0.1) is 11.1 Å². The molecular weight excluding hydrogens is 276 g/mol. The summed E-state index contributed by atoms with van der Waals surface area (Å²) in [4.78, 5) is 26.5. The topological polar surface area (TPSA) is 115 Å². The van der Waals surface area contributed by atoms with Crippen molar-refractivity contribution in [2.24, 2.45) is 7.05 Å². The van der Waals surface area contributed by atoms with E-state index in [-0.39, 0.29) is 11.3 Å². The summed E-state index contributed by atoms with van der Waals surface area (Å²) in [7, 11) is 1.65. The number of nitrogens with zero attached hydrogens (tertiary/aromatic N) is 4. The Morgan fingerprint density at radius 1 is 1.52 bits per heavy atom. The van der Waals surface area contributed by atoms with E-state index in [0.29, 0.717) is 18.2 Å². The molecule has 2 aromatic rings. The second-order valence-electron chi connectivity index (χ2n) is 4.17. The summed E-state index contributed by atoms with van der Waals surface area (Å²) in [6, 6.07) is 2.95. The summed E-state index contributed by atoms with van der Waals surface area (Å²) in [5, 5.41) is 20.4. The third kappa shape index (κ3) is 3.14. The van der Waals surface area contributed by atoms with Crippen molar-refractivity contribution in [2.75, 3.05) is 17.2 Å². The van der Waals surface area contributed by atoms with Crippen LogP contribution in [0, 0.1) is 10.1 Å². The predicted molar refractivity (Wildman–Crippen MR) is 76.2 cm³/mol. The number of nitrogens with one attached hydrogen (secondary N) is 2. The quantitative estimate of drug-likeness (QED) is 0.635. The van der Waals surface area contributed by atoms with E-state index < -0.39 is 10.8 Å². The molecule has 0 aromatic carbocycles. The molecule has 0 aliphatic carbocycles. The SMILES string of the molecule is CCNc1cc(C(=O)Nc2ccnn2C)c([N+](=O)[O-])cn1. The minimum atomic E-state index is -0.638. The Morgan fingerprint density at radius 2 is 2.29 bits per heavy atom. The monoisotopic (exact) mass is 290 g/mol. The number of amides is 1. The van der Waals surface area contributed by atoms with Crippen molar-refractivity contribution < 1.29 is 9.72 Å². The van der Waals surface area contributed by atoms with Crippen LogP contribution in [0.4, 0.5) is 17.3 Å². The Kier molecular flexibility index (Phi) is 4.12. The molecule has 2 N–H and O–H groups in total. The smallest absolute Gasteiger partial charge is 0.300 e. The second-order valence-corrected chi connectivity index (χ2v) is 4.17. The minimum Gasteiger partial charge on any atom is -0.370 e. The normalized spacial score (nSPS) is 10.2. The number of anilines is 2.